The zero-order valence-electron chi connectivity index (χ0n) is 14.4. The first kappa shape index (κ1) is 18.5. The van der Waals surface area contributed by atoms with Gasteiger partial charge in [0, 0.05) is 39.6 Å². The highest BCUT2D eigenvalue weighted by atomic mass is 35.5. The van der Waals surface area contributed by atoms with Crippen LogP contribution in [0.3, 0.4) is 0 Å². The number of aryl methyl sites for hydroxylation is 1. The topological polar surface area (TPSA) is 32.4 Å². The zero-order chi connectivity index (χ0) is 16.2. The Morgan fingerprint density at radius 3 is 2.38 bits per heavy atom. The van der Waals surface area contributed by atoms with Crippen molar-refractivity contribution in [2.75, 3.05) is 26.2 Å². The van der Waals surface area contributed by atoms with Crippen LogP contribution in [0.1, 0.15) is 11.4 Å². The van der Waals surface area contributed by atoms with Crippen LogP contribution in [0.25, 0.3) is 0 Å². The van der Waals surface area contributed by atoms with E-state index in [1.54, 1.807) is 0 Å². The second-order valence-electron chi connectivity index (χ2n) is 6.23. The molecule has 0 spiro atoms. The van der Waals surface area contributed by atoms with Crippen molar-refractivity contribution in [3.63, 3.8) is 0 Å². The van der Waals surface area contributed by atoms with Crippen LogP contribution in [0.2, 0.25) is 0 Å². The van der Waals surface area contributed by atoms with Crippen LogP contribution in [0.15, 0.2) is 42.7 Å². The van der Waals surface area contributed by atoms with E-state index in [0.717, 1.165) is 38.5 Å². The summed E-state index contributed by atoms with van der Waals surface area (Å²) in [5.41, 5.74) is 1.34. The summed E-state index contributed by atoms with van der Waals surface area (Å²) in [7, 11) is 2.00. The number of benzene rings is 1. The lowest BCUT2D eigenvalue weighted by molar-refractivity contribution is -0.677. The molecule has 0 atom stereocenters. The van der Waals surface area contributed by atoms with Crippen LogP contribution in [0, 0.1) is 6.92 Å². The molecular weight excluding hydrogens is 324 g/mol. The van der Waals surface area contributed by atoms with Gasteiger partial charge in [-0.15, -0.1) is 0 Å². The Morgan fingerprint density at radius 2 is 1.79 bits per heavy atom. The van der Waals surface area contributed by atoms with Crippen molar-refractivity contribution in [2.24, 2.45) is 7.05 Å². The van der Waals surface area contributed by atoms with Crippen molar-refractivity contribution in [3.05, 3.63) is 54.1 Å². The molecule has 0 saturated carbocycles. The number of hydrogen-bond acceptors (Lipinski definition) is 2. The minimum absolute atomic E-state index is 0. The van der Waals surface area contributed by atoms with Crippen LogP contribution in [0.5, 0.6) is 0 Å². The van der Waals surface area contributed by atoms with Gasteiger partial charge in [0.15, 0.2) is 6.54 Å². The summed E-state index contributed by atoms with van der Waals surface area (Å²) in [4.78, 5) is 16.9. The molecule has 2 aromatic rings. The summed E-state index contributed by atoms with van der Waals surface area (Å²) in [6.07, 6.45) is 3.96. The smallest absolute Gasteiger partial charge is 0.264 e. The zero-order valence-corrected chi connectivity index (χ0v) is 15.1. The van der Waals surface area contributed by atoms with E-state index in [2.05, 4.69) is 29.2 Å². The number of hydrogen-bond donors (Lipinski definition) is 0. The first-order valence-corrected chi connectivity index (χ1v) is 8.19. The number of carbonyl (C=O) groups excluding carboxylic acids is 1. The maximum atomic E-state index is 12.5. The van der Waals surface area contributed by atoms with Crippen molar-refractivity contribution < 1.29 is 21.8 Å². The first-order chi connectivity index (χ1) is 11.1. The summed E-state index contributed by atoms with van der Waals surface area (Å²) in [6, 6.07) is 10.5. The second-order valence-corrected chi connectivity index (χ2v) is 6.23. The molecule has 0 bridgehead atoms. The number of imidazole rings is 1. The molecule has 130 valence electrons. The van der Waals surface area contributed by atoms with Crippen molar-refractivity contribution >= 4 is 5.91 Å². The molecule has 1 aromatic heterocycles. The Balaban J connectivity index is 0.00000208. The van der Waals surface area contributed by atoms with Gasteiger partial charge in [0.05, 0.1) is 7.05 Å². The monoisotopic (exact) mass is 348 g/mol. The molecular formula is C18H25ClN4O. The fraction of sp³-hybridized carbons (Fsp3) is 0.444. The molecule has 1 aliphatic heterocycles. The number of aromatic nitrogens is 2. The molecule has 1 amide bonds. The SMILES string of the molecule is Cc1n(CC(=O)N2CCN(Cc3ccccc3)CC2)cc[n+]1C.[Cl-]. The van der Waals surface area contributed by atoms with Crippen molar-refractivity contribution in [1.82, 2.24) is 14.4 Å². The van der Waals surface area contributed by atoms with E-state index in [1.807, 2.05) is 46.5 Å². The predicted octanol–water partition coefficient (Wildman–Crippen LogP) is -2.03. The second kappa shape index (κ2) is 8.31. The van der Waals surface area contributed by atoms with Crippen LogP contribution in [0.4, 0.5) is 0 Å². The standard InChI is InChI=1S/C18H25N4O.ClH/c1-16-19(2)8-11-22(16)15-18(23)21-12-9-20(10-13-21)14-17-6-4-3-5-7-17;/h3-8,11H,9-10,12-15H2,1-2H3;1H/q+1;/p-1. The van der Waals surface area contributed by atoms with Crippen LogP contribution < -0.4 is 17.0 Å². The first-order valence-electron chi connectivity index (χ1n) is 8.19. The third kappa shape index (κ3) is 4.36. The molecule has 0 aliphatic carbocycles. The molecule has 1 fully saturated rings. The number of carbonyl (C=O) groups is 1. The minimum atomic E-state index is 0. The molecule has 0 N–H and O–H groups in total. The highest BCUT2D eigenvalue weighted by Crippen LogP contribution is 2.09. The largest absolute Gasteiger partial charge is 1.00 e. The lowest BCUT2D eigenvalue weighted by atomic mass is 10.2. The van der Waals surface area contributed by atoms with Gasteiger partial charge in [-0.1, -0.05) is 30.3 Å². The Bertz CT molecular complexity index is 663. The molecule has 1 aliphatic rings. The summed E-state index contributed by atoms with van der Waals surface area (Å²) < 4.78 is 4.05. The Kier molecular flexibility index (Phi) is 6.40. The lowest BCUT2D eigenvalue weighted by Crippen LogP contribution is -3.00. The molecule has 5 nitrogen and oxygen atoms in total. The molecule has 24 heavy (non-hydrogen) atoms. The van der Waals surface area contributed by atoms with Crippen molar-refractivity contribution in [3.8, 4) is 0 Å². The highest BCUT2D eigenvalue weighted by molar-refractivity contribution is 5.76. The molecule has 0 unspecified atom stereocenters. The van der Waals surface area contributed by atoms with Gasteiger partial charge in [0.2, 0.25) is 0 Å². The van der Waals surface area contributed by atoms with E-state index in [9.17, 15) is 4.79 Å². The van der Waals surface area contributed by atoms with Gasteiger partial charge in [0.1, 0.15) is 12.4 Å². The molecule has 0 radical (unpaired) electrons. The summed E-state index contributed by atoms with van der Waals surface area (Å²) >= 11 is 0. The van der Waals surface area contributed by atoms with Crippen LogP contribution in [-0.4, -0.2) is 46.5 Å². The molecule has 6 heteroatoms. The maximum Gasteiger partial charge on any atom is 0.264 e. The van der Waals surface area contributed by atoms with Gasteiger partial charge in [-0.05, 0) is 5.56 Å². The Labute approximate surface area is 149 Å². The third-order valence-corrected chi connectivity index (χ3v) is 4.68. The Morgan fingerprint density at radius 1 is 1.12 bits per heavy atom. The molecule has 1 saturated heterocycles. The number of halogens is 1. The average Bonchev–Trinajstić information content (AvgIpc) is 2.88. The number of rotatable bonds is 4. The van der Waals surface area contributed by atoms with Gasteiger partial charge in [-0.25, -0.2) is 9.13 Å². The highest BCUT2D eigenvalue weighted by Gasteiger charge is 2.23. The fourth-order valence-corrected chi connectivity index (χ4v) is 3.01. The predicted molar refractivity (Wildman–Crippen MR) is 88.6 cm³/mol. The van der Waals surface area contributed by atoms with E-state index >= 15 is 0 Å². The Hall–Kier alpha value is -1.85. The third-order valence-electron chi connectivity index (χ3n) is 4.68. The molecule has 2 heterocycles. The van der Waals surface area contributed by atoms with E-state index in [0.29, 0.717) is 6.54 Å². The van der Waals surface area contributed by atoms with Gasteiger partial charge in [-0.3, -0.25) is 9.69 Å². The lowest BCUT2D eigenvalue weighted by Gasteiger charge is -2.34. The maximum absolute atomic E-state index is 12.5. The summed E-state index contributed by atoms with van der Waals surface area (Å²) in [6.45, 7) is 6.96. The number of amides is 1. The summed E-state index contributed by atoms with van der Waals surface area (Å²) in [5.74, 6) is 1.31. The summed E-state index contributed by atoms with van der Waals surface area (Å²) in [5, 5.41) is 0. The van der Waals surface area contributed by atoms with E-state index < -0.39 is 0 Å². The van der Waals surface area contributed by atoms with Crippen molar-refractivity contribution in [1.29, 1.82) is 0 Å². The fourth-order valence-electron chi connectivity index (χ4n) is 3.01. The van der Waals surface area contributed by atoms with Gasteiger partial charge >= 0.3 is 0 Å². The number of piperazine rings is 1. The molecule has 1 aromatic carbocycles. The van der Waals surface area contributed by atoms with E-state index in [-0.39, 0.29) is 18.3 Å². The molecule has 3 rings (SSSR count). The van der Waals surface area contributed by atoms with E-state index in [4.69, 9.17) is 0 Å². The van der Waals surface area contributed by atoms with Gasteiger partial charge in [0.25, 0.3) is 11.7 Å². The normalized spacial score (nSPS) is 15.2. The van der Waals surface area contributed by atoms with Crippen LogP contribution in [-0.2, 0) is 24.9 Å². The average molecular weight is 349 g/mol. The van der Waals surface area contributed by atoms with Gasteiger partial charge < -0.3 is 17.3 Å². The number of nitrogens with zero attached hydrogens (tertiary/aromatic N) is 4. The van der Waals surface area contributed by atoms with Crippen LogP contribution >= 0.6 is 0 Å². The van der Waals surface area contributed by atoms with E-state index in [1.165, 1.54) is 5.56 Å². The minimum Gasteiger partial charge on any atom is -1.00 e. The van der Waals surface area contributed by atoms with Gasteiger partial charge in [-0.2, -0.15) is 0 Å². The van der Waals surface area contributed by atoms with Crippen molar-refractivity contribution in [2.45, 2.75) is 20.0 Å². The quantitative estimate of drug-likeness (QED) is 0.597.